The van der Waals surface area contributed by atoms with Crippen LogP contribution in [0, 0.1) is 0 Å². The lowest BCUT2D eigenvalue weighted by molar-refractivity contribution is 0.355. The zero-order valence-electron chi connectivity index (χ0n) is 8.13. The van der Waals surface area contributed by atoms with Gasteiger partial charge in [-0.2, -0.15) is 8.42 Å². The van der Waals surface area contributed by atoms with Crippen LogP contribution in [-0.2, 0) is 10.4 Å². The van der Waals surface area contributed by atoms with Gasteiger partial charge in [0.2, 0.25) is 0 Å². The Morgan fingerprint density at radius 2 is 1.80 bits per heavy atom. The first kappa shape index (κ1) is 11.6. The highest BCUT2D eigenvalue weighted by molar-refractivity contribution is 7.81. The average Bonchev–Trinajstić information content (AvgIpc) is 2.16. The number of methoxy groups -OCH3 is 2. The molecule has 0 aliphatic heterocycles. The van der Waals surface area contributed by atoms with Crippen LogP contribution in [0.1, 0.15) is 0 Å². The van der Waals surface area contributed by atoms with Crippen LogP contribution >= 0.6 is 0 Å². The molecule has 0 heterocycles. The van der Waals surface area contributed by atoms with Gasteiger partial charge >= 0.3 is 10.4 Å². The molecule has 0 spiro atoms. The molecule has 1 rings (SSSR count). The summed E-state index contributed by atoms with van der Waals surface area (Å²) in [5.41, 5.74) is 0. The van der Waals surface area contributed by atoms with Crippen molar-refractivity contribution >= 4 is 10.4 Å². The van der Waals surface area contributed by atoms with Crippen LogP contribution in [0.3, 0.4) is 0 Å². The standard InChI is InChI=1S/C8H10O6S/c1-12-6-3-4-7(8(5-6)13-2)14-15(9,10)11/h3-5H,1-2H3,(H,9,10,11). The lowest BCUT2D eigenvalue weighted by Crippen LogP contribution is -2.07. The minimum Gasteiger partial charge on any atom is -0.497 e. The van der Waals surface area contributed by atoms with E-state index in [1.54, 1.807) is 0 Å². The van der Waals surface area contributed by atoms with Gasteiger partial charge in [-0.05, 0) is 12.1 Å². The lowest BCUT2D eigenvalue weighted by Gasteiger charge is -2.08. The molecule has 0 atom stereocenters. The maximum Gasteiger partial charge on any atom is 0.446 e. The van der Waals surface area contributed by atoms with Crippen LogP contribution in [0.2, 0.25) is 0 Å². The summed E-state index contributed by atoms with van der Waals surface area (Å²) in [7, 11) is -1.75. The van der Waals surface area contributed by atoms with E-state index in [1.807, 2.05) is 0 Å². The third-order valence-corrected chi connectivity index (χ3v) is 1.96. The van der Waals surface area contributed by atoms with Gasteiger partial charge in [-0.25, -0.2) is 0 Å². The molecule has 7 heteroatoms. The fourth-order valence-corrected chi connectivity index (χ4v) is 1.32. The predicted octanol–water partition coefficient (Wildman–Crippen LogP) is 0.885. The molecule has 15 heavy (non-hydrogen) atoms. The zero-order chi connectivity index (χ0) is 11.5. The van der Waals surface area contributed by atoms with E-state index in [1.165, 1.54) is 32.4 Å². The Morgan fingerprint density at radius 1 is 1.13 bits per heavy atom. The van der Waals surface area contributed by atoms with Gasteiger partial charge in [0.05, 0.1) is 14.2 Å². The first-order valence-electron chi connectivity index (χ1n) is 3.85. The van der Waals surface area contributed by atoms with Gasteiger partial charge in [0.1, 0.15) is 5.75 Å². The summed E-state index contributed by atoms with van der Waals surface area (Å²) in [5, 5.41) is 0. The second-order valence-corrected chi connectivity index (χ2v) is 3.55. The van der Waals surface area contributed by atoms with Crippen molar-refractivity contribution in [3.63, 3.8) is 0 Å². The van der Waals surface area contributed by atoms with Crippen molar-refractivity contribution in [1.82, 2.24) is 0 Å². The van der Waals surface area contributed by atoms with Crippen molar-refractivity contribution in [2.24, 2.45) is 0 Å². The summed E-state index contributed by atoms with van der Waals surface area (Å²) in [6, 6.07) is 4.22. The average molecular weight is 234 g/mol. The smallest absolute Gasteiger partial charge is 0.446 e. The van der Waals surface area contributed by atoms with E-state index < -0.39 is 10.4 Å². The first-order valence-corrected chi connectivity index (χ1v) is 5.21. The Labute approximate surface area is 87.3 Å². The summed E-state index contributed by atoms with van der Waals surface area (Å²) in [4.78, 5) is 0. The Bertz CT molecular complexity index is 438. The summed E-state index contributed by atoms with van der Waals surface area (Å²) in [6.07, 6.45) is 0. The SMILES string of the molecule is COc1ccc(OS(=O)(=O)O)c(OC)c1. The van der Waals surface area contributed by atoms with Gasteiger partial charge in [-0.15, -0.1) is 0 Å². The van der Waals surface area contributed by atoms with E-state index in [4.69, 9.17) is 14.0 Å². The third kappa shape index (κ3) is 3.30. The molecule has 0 aliphatic carbocycles. The number of hydrogen-bond acceptors (Lipinski definition) is 5. The summed E-state index contributed by atoms with van der Waals surface area (Å²) >= 11 is 0. The van der Waals surface area contributed by atoms with E-state index in [2.05, 4.69) is 4.18 Å². The van der Waals surface area contributed by atoms with Gasteiger partial charge in [0.25, 0.3) is 0 Å². The molecule has 0 unspecified atom stereocenters. The number of hydrogen-bond donors (Lipinski definition) is 1. The van der Waals surface area contributed by atoms with Crippen molar-refractivity contribution in [3.8, 4) is 17.2 Å². The molecule has 0 aromatic heterocycles. The summed E-state index contributed by atoms with van der Waals surface area (Å²) in [6.45, 7) is 0. The highest BCUT2D eigenvalue weighted by Gasteiger charge is 2.12. The van der Waals surface area contributed by atoms with Crippen LogP contribution in [0.25, 0.3) is 0 Å². The fraction of sp³-hybridized carbons (Fsp3) is 0.250. The van der Waals surface area contributed by atoms with E-state index in [0.717, 1.165) is 0 Å². The molecular formula is C8H10O6S. The van der Waals surface area contributed by atoms with Crippen LogP contribution in [0.4, 0.5) is 0 Å². The number of rotatable bonds is 4. The Balaban J connectivity index is 3.08. The normalized spacial score (nSPS) is 10.9. The van der Waals surface area contributed by atoms with Crippen LogP contribution in [-0.4, -0.2) is 27.2 Å². The van der Waals surface area contributed by atoms with Crippen LogP contribution < -0.4 is 13.7 Å². The molecule has 0 bridgehead atoms. The first-order chi connectivity index (χ1) is 6.96. The molecule has 0 fully saturated rings. The summed E-state index contributed by atoms with van der Waals surface area (Å²) < 4.78 is 43.4. The molecular weight excluding hydrogens is 224 g/mol. The minimum absolute atomic E-state index is 0.110. The van der Waals surface area contributed by atoms with E-state index in [9.17, 15) is 8.42 Å². The number of benzene rings is 1. The Kier molecular flexibility index (Phi) is 3.38. The third-order valence-electron chi connectivity index (χ3n) is 1.57. The van der Waals surface area contributed by atoms with Gasteiger partial charge in [-0.1, -0.05) is 0 Å². The van der Waals surface area contributed by atoms with Crippen molar-refractivity contribution in [2.45, 2.75) is 0 Å². The Hall–Kier alpha value is -1.47. The Morgan fingerprint density at radius 3 is 2.27 bits per heavy atom. The van der Waals surface area contributed by atoms with Crippen molar-refractivity contribution < 1.29 is 26.6 Å². The van der Waals surface area contributed by atoms with Crippen LogP contribution in [0.5, 0.6) is 17.2 Å². The molecule has 0 radical (unpaired) electrons. The molecule has 6 nitrogen and oxygen atoms in total. The van der Waals surface area contributed by atoms with Crippen molar-refractivity contribution in [1.29, 1.82) is 0 Å². The molecule has 1 aromatic rings. The molecule has 0 saturated carbocycles. The topological polar surface area (TPSA) is 82.1 Å². The maximum atomic E-state index is 10.5. The minimum atomic E-state index is -4.55. The van der Waals surface area contributed by atoms with E-state index in [-0.39, 0.29) is 11.5 Å². The van der Waals surface area contributed by atoms with E-state index in [0.29, 0.717) is 5.75 Å². The van der Waals surface area contributed by atoms with E-state index >= 15 is 0 Å². The molecule has 1 N–H and O–H groups in total. The molecule has 0 saturated heterocycles. The van der Waals surface area contributed by atoms with Crippen molar-refractivity contribution in [2.75, 3.05) is 14.2 Å². The van der Waals surface area contributed by atoms with Crippen molar-refractivity contribution in [3.05, 3.63) is 18.2 Å². The second-order valence-electron chi connectivity index (χ2n) is 2.53. The van der Waals surface area contributed by atoms with Gasteiger partial charge < -0.3 is 13.7 Å². The highest BCUT2D eigenvalue weighted by atomic mass is 32.3. The molecule has 1 aromatic carbocycles. The second kappa shape index (κ2) is 4.37. The fourth-order valence-electron chi connectivity index (χ4n) is 0.957. The van der Waals surface area contributed by atoms with Gasteiger partial charge in [-0.3, -0.25) is 4.55 Å². The number of ether oxygens (including phenoxy) is 2. The largest absolute Gasteiger partial charge is 0.497 e. The maximum absolute atomic E-state index is 10.5. The monoisotopic (exact) mass is 234 g/mol. The molecule has 84 valence electrons. The lowest BCUT2D eigenvalue weighted by atomic mass is 10.3. The predicted molar refractivity (Wildman–Crippen MR) is 51.7 cm³/mol. The summed E-state index contributed by atoms with van der Waals surface area (Å²) in [5.74, 6) is 0.516. The highest BCUT2D eigenvalue weighted by Crippen LogP contribution is 2.31. The van der Waals surface area contributed by atoms with Gasteiger partial charge in [0, 0.05) is 6.07 Å². The van der Waals surface area contributed by atoms with Crippen LogP contribution in [0.15, 0.2) is 18.2 Å². The zero-order valence-corrected chi connectivity index (χ0v) is 8.95. The molecule has 0 amide bonds. The molecule has 0 aliphatic rings. The quantitative estimate of drug-likeness (QED) is 0.779. The van der Waals surface area contributed by atoms with Gasteiger partial charge in [0.15, 0.2) is 11.5 Å².